The molecule has 0 saturated carbocycles. The van der Waals surface area contributed by atoms with E-state index >= 15 is 0 Å². The van der Waals surface area contributed by atoms with E-state index in [0.717, 1.165) is 67.1 Å². The number of para-hydroxylation sites is 1. The lowest BCUT2D eigenvalue weighted by atomic mass is 9.96. The van der Waals surface area contributed by atoms with Crippen molar-refractivity contribution in [2.45, 2.75) is 83.0 Å². The fourth-order valence-corrected chi connectivity index (χ4v) is 3.66. The lowest BCUT2D eigenvalue weighted by molar-refractivity contribution is -0.156. The van der Waals surface area contributed by atoms with Crippen LogP contribution < -0.4 is 0 Å². The number of hydrogen-bond acceptors (Lipinski definition) is 6. The molecule has 0 amide bonds. The molecule has 0 bridgehead atoms. The molecule has 3 N–H and O–H groups in total. The second kappa shape index (κ2) is 12.6. The van der Waals surface area contributed by atoms with Crippen LogP contribution in [0.2, 0.25) is 0 Å². The Morgan fingerprint density at radius 3 is 2.50 bits per heavy atom. The Kier molecular flexibility index (Phi) is 10.2. The fraction of sp³-hybridized carbons (Fsp3) is 0.583. The molecular formula is C24H35NO5. The summed E-state index contributed by atoms with van der Waals surface area (Å²) in [4.78, 5) is 16.1. The van der Waals surface area contributed by atoms with Crippen LogP contribution in [0.15, 0.2) is 30.3 Å². The maximum atomic E-state index is 11.3. The number of pyridine rings is 1. The molecule has 30 heavy (non-hydrogen) atoms. The third kappa shape index (κ3) is 7.04. The average molecular weight is 418 g/mol. The van der Waals surface area contributed by atoms with Crippen molar-refractivity contribution in [2.24, 2.45) is 0 Å². The van der Waals surface area contributed by atoms with Gasteiger partial charge in [0.25, 0.3) is 0 Å². The Labute approximate surface area is 178 Å². The Balaban J connectivity index is 1.96. The van der Waals surface area contributed by atoms with E-state index in [1.54, 1.807) is 0 Å². The Morgan fingerprint density at radius 1 is 1.03 bits per heavy atom. The molecule has 1 aromatic heterocycles. The molecule has 0 saturated heterocycles. The van der Waals surface area contributed by atoms with Crippen molar-refractivity contribution in [3.8, 4) is 0 Å². The molecular weight excluding hydrogens is 382 g/mol. The minimum atomic E-state index is -1.50. The maximum Gasteiger partial charge on any atom is 0.337 e. The number of nitrogens with zero attached hydrogens (tertiary/aromatic N) is 1. The first-order valence-electron chi connectivity index (χ1n) is 11.0. The van der Waals surface area contributed by atoms with Gasteiger partial charge >= 0.3 is 5.97 Å². The number of unbranched alkanes of at least 4 members (excludes halogenated alkanes) is 4. The highest BCUT2D eigenvalue weighted by Gasteiger charge is 2.24. The number of methoxy groups -OCH3 is 1. The van der Waals surface area contributed by atoms with Gasteiger partial charge in [-0.1, -0.05) is 57.2 Å². The molecule has 2 unspecified atom stereocenters. The first-order chi connectivity index (χ1) is 14.5. The molecule has 0 spiro atoms. The summed E-state index contributed by atoms with van der Waals surface area (Å²) in [5.41, 5.74) is 2.76. The topological polar surface area (TPSA) is 99.9 Å². The van der Waals surface area contributed by atoms with E-state index in [2.05, 4.69) is 17.7 Å². The number of ether oxygens (including phenoxy) is 1. The van der Waals surface area contributed by atoms with Crippen LogP contribution in [0.5, 0.6) is 0 Å². The number of aliphatic hydroxyl groups is 3. The molecule has 166 valence electrons. The van der Waals surface area contributed by atoms with Crippen molar-refractivity contribution < 1.29 is 24.9 Å². The van der Waals surface area contributed by atoms with Gasteiger partial charge in [0.2, 0.25) is 0 Å². The lowest BCUT2D eigenvalue weighted by Crippen LogP contribution is -2.34. The smallest absolute Gasteiger partial charge is 0.337 e. The number of carbonyl (C=O) groups excluding carboxylic acids is 1. The van der Waals surface area contributed by atoms with Crippen LogP contribution in [-0.4, -0.2) is 45.6 Å². The van der Waals surface area contributed by atoms with Gasteiger partial charge in [0, 0.05) is 16.6 Å². The quantitative estimate of drug-likeness (QED) is 0.338. The number of aryl methyl sites for hydroxylation is 1. The monoisotopic (exact) mass is 417 g/mol. The zero-order chi connectivity index (χ0) is 21.9. The van der Waals surface area contributed by atoms with Gasteiger partial charge in [0.05, 0.1) is 24.8 Å². The van der Waals surface area contributed by atoms with Gasteiger partial charge < -0.3 is 20.1 Å². The summed E-state index contributed by atoms with van der Waals surface area (Å²) >= 11 is 0. The van der Waals surface area contributed by atoms with Crippen molar-refractivity contribution in [2.75, 3.05) is 7.11 Å². The van der Waals surface area contributed by atoms with Crippen LogP contribution in [0.25, 0.3) is 10.9 Å². The van der Waals surface area contributed by atoms with Gasteiger partial charge in [-0.05, 0) is 37.8 Å². The second-order valence-electron chi connectivity index (χ2n) is 7.86. The van der Waals surface area contributed by atoms with Gasteiger partial charge in [-0.25, -0.2) is 4.79 Å². The van der Waals surface area contributed by atoms with E-state index in [4.69, 9.17) is 4.98 Å². The van der Waals surface area contributed by atoms with Gasteiger partial charge in [0.1, 0.15) is 0 Å². The highest BCUT2D eigenvalue weighted by molar-refractivity contribution is 5.79. The van der Waals surface area contributed by atoms with Crippen LogP contribution in [0.1, 0.15) is 75.7 Å². The SMILES string of the molecule is CCCCC[C@H](O)c1cc2ccccc2nc1CCCCCC(O)C(O)C(=O)OC. The molecule has 1 aromatic carbocycles. The number of benzene rings is 1. The summed E-state index contributed by atoms with van der Waals surface area (Å²) in [7, 11) is 1.18. The Hall–Kier alpha value is -2.02. The number of rotatable bonds is 13. The molecule has 1 heterocycles. The highest BCUT2D eigenvalue weighted by atomic mass is 16.5. The van der Waals surface area contributed by atoms with Crippen molar-refractivity contribution in [3.05, 3.63) is 41.6 Å². The van der Waals surface area contributed by atoms with Crippen LogP contribution in [0.4, 0.5) is 0 Å². The maximum absolute atomic E-state index is 11.3. The molecule has 0 aliphatic rings. The largest absolute Gasteiger partial charge is 0.467 e. The predicted molar refractivity (Wildman–Crippen MR) is 117 cm³/mol. The standard InChI is InChI=1S/C24H35NO5/c1-3-4-6-14-21(26)18-16-17-11-9-10-12-19(17)25-20(18)13-7-5-8-15-22(27)23(28)24(29)30-2/h9-12,16,21-23,26-28H,3-8,13-15H2,1-2H3/t21-,22?,23?/m0/s1. The summed E-state index contributed by atoms with van der Waals surface area (Å²) in [5, 5.41) is 31.3. The van der Waals surface area contributed by atoms with E-state index in [1.165, 1.54) is 7.11 Å². The highest BCUT2D eigenvalue weighted by Crippen LogP contribution is 2.27. The summed E-state index contributed by atoms with van der Waals surface area (Å²) < 4.78 is 4.44. The lowest BCUT2D eigenvalue weighted by Gasteiger charge is -2.17. The molecule has 2 rings (SSSR count). The van der Waals surface area contributed by atoms with E-state index < -0.39 is 24.3 Å². The molecule has 0 aliphatic heterocycles. The predicted octanol–water partition coefficient (Wildman–Crippen LogP) is 3.85. The average Bonchev–Trinajstić information content (AvgIpc) is 2.77. The number of esters is 1. The van der Waals surface area contributed by atoms with Crippen molar-refractivity contribution in [3.63, 3.8) is 0 Å². The number of aliphatic hydroxyl groups excluding tert-OH is 3. The fourth-order valence-electron chi connectivity index (χ4n) is 3.66. The van der Waals surface area contributed by atoms with E-state index in [0.29, 0.717) is 12.8 Å². The number of fused-ring (bicyclic) bond motifs is 1. The third-order valence-corrected chi connectivity index (χ3v) is 5.50. The molecule has 6 nitrogen and oxygen atoms in total. The Bertz CT molecular complexity index is 794. The van der Waals surface area contributed by atoms with Crippen LogP contribution in [0.3, 0.4) is 0 Å². The summed E-state index contributed by atoms with van der Waals surface area (Å²) in [6, 6.07) is 10.00. The summed E-state index contributed by atoms with van der Waals surface area (Å²) in [6.07, 6.45) is 4.23. The van der Waals surface area contributed by atoms with E-state index in [-0.39, 0.29) is 0 Å². The first-order valence-corrected chi connectivity index (χ1v) is 11.0. The van der Waals surface area contributed by atoms with Gasteiger partial charge in [0.15, 0.2) is 6.10 Å². The second-order valence-corrected chi connectivity index (χ2v) is 7.86. The summed E-state index contributed by atoms with van der Waals surface area (Å²) in [5.74, 6) is -0.815. The molecule has 6 heteroatoms. The molecule has 0 fully saturated rings. The van der Waals surface area contributed by atoms with Gasteiger partial charge in [-0.3, -0.25) is 4.98 Å². The van der Waals surface area contributed by atoms with Crippen molar-refractivity contribution in [1.29, 1.82) is 0 Å². The normalized spacial score (nSPS) is 14.4. The molecule has 0 radical (unpaired) electrons. The minimum absolute atomic E-state index is 0.327. The molecule has 0 aliphatic carbocycles. The zero-order valence-corrected chi connectivity index (χ0v) is 18.1. The first kappa shape index (κ1) is 24.3. The number of hydrogen-bond donors (Lipinski definition) is 3. The van der Waals surface area contributed by atoms with E-state index in [9.17, 15) is 20.1 Å². The van der Waals surface area contributed by atoms with Gasteiger partial charge in [-0.15, -0.1) is 0 Å². The van der Waals surface area contributed by atoms with Crippen LogP contribution in [0, 0.1) is 0 Å². The zero-order valence-electron chi connectivity index (χ0n) is 18.1. The number of carbonyl (C=O) groups is 1. The Morgan fingerprint density at radius 2 is 1.77 bits per heavy atom. The van der Waals surface area contributed by atoms with Crippen molar-refractivity contribution >= 4 is 16.9 Å². The van der Waals surface area contributed by atoms with Crippen LogP contribution in [-0.2, 0) is 16.0 Å². The molecule has 2 aromatic rings. The minimum Gasteiger partial charge on any atom is -0.467 e. The van der Waals surface area contributed by atoms with Crippen LogP contribution >= 0.6 is 0 Å². The number of aromatic nitrogens is 1. The van der Waals surface area contributed by atoms with Crippen molar-refractivity contribution in [1.82, 2.24) is 4.98 Å². The third-order valence-electron chi connectivity index (χ3n) is 5.50. The van der Waals surface area contributed by atoms with E-state index in [1.807, 2.05) is 24.3 Å². The van der Waals surface area contributed by atoms with Gasteiger partial charge in [-0.2, -0.15) is 0 Å². The summed E-state index contributed by atoms with van der Waals surface area (Å²) in [6.45, 7) is 2.15. The molecule has 3 atom stereocenters.